The monoisotopic (exact) mass is 776 g/mol. The number of nitrogens with zero attached hydrogens (tertiary/aromatic N) is 2. The molecular weight excluding hydrogens is 722 g/mol. The van der Waals surface area contributed by atoms with Crippen molar-refractivity contribution in [2.45, 2.75) is 93.9 Å². The highest BCUT2D eigenvalue weighted by atomic mass is 15.0. The van der Waals surface area contributed by atoms with Gasteiger partial charge in [-0.05, 0) is 122 Å². The van der Waals surface area contributed by atoms with Gasteiger partial charge in [-0.2, -0.15) is 0 Å². The second kappa shape index (κ2) is 12.4. The second-order valence-corrected chi connectivity index (χ2v) is 20.6. The minimum Gasteiger partial charge on any atom is -0.310 e. The normalized spacial score (nSPS) is 13.6. The van der Waals surface area contributed by atoms with Crippen molar-refractivity contribution in [1.82, 2.24) is 9.13 Å². The summed E-state index contributed by atoms with van der Waals surface area (Å²) in [5, 5.41) is 5.34. The maximum atomic E-state index is 2.65. The summed E-state index contributed by atoms with van der Waals surface area (Å²) in [6.45, 7) is 28.0. The third-order valence-corrected chi connectivity index (χ3v) is 14.3. The first-order valence-electron chi connectivity index (χ1n) is 22.0. The van der Waals surface area contributed by atoms with Crippen LogP contribution in [-0.4, -0.2) is 22.6 Å². The molecule has 2 aliphatic heterocycles. The quantitative estimate of drug-likeness (QED) is 0.155. The van der Waals surface area contributed by atoms with Gasteiger partial charge < -0.3 is 9.13 Å². The molecule has 0 saturated heterocycles. The van der Waals surface area contributed by atoms with Crippen LogP contribution in [0.25, 0.3) is 55.0 Å². The van der Waals surface area contributed by atoms with E-state index in [1.165, 1.54) is 132 Å². The summed E-state index contributed by atoms with van der Waals surface area (Å²) in [7, 11) is 0. The van der Waals surface area contributed by atoms with Crippen LogP contribution in [0.4, 0.5) is 0 Å². The number of rotatable bonds is 2. The van der Waals surface area contributed by atoms with Crippen LogP contribution in [0.5, 0.6) is 0 Å². The van der Waals surface area contributed by atoms with Gasteiger partial charge in [0, 0.05) is 44.0 Å². The van der Waals surface area contributed by atoms with Gasteiger partial charge in [-0.25, -0.2) is 0 Å². The Morgan fingerprint density at radius 2 is 0.867 bits per heavy atom. The molecule has 60 heavy (non-hydrogen) atoms. The van der Waals surface area contributed by atoms with Crippen LogP contribution < -0.4 is 32.8 Å². The smallest absolute Gasteiger partial charge is 0.247 e. The zero-order valence-corrected chi connectivity index (χ0v) is 37.4. The van der Waals surface area contributed by atoms with E-state index in [9.17, 15) is 0 Å². The lowest BCUT2D eigenvalue weighted by molar-refractivity contribution is 0.591. The predicted molar refractivity (Wildman–Crippen MR) is 263 cm³/mol. The summed E-state index contributed by atoms with van der Waals surface area (Å²) in [5.41, 5.74) is 27.1. The Balaban J connectivity index is 1.35. The van der Waals surface area contributed by atoms with Crippen molar-refractivity contribution in [2.24, 2.45) is 0 Å². The molecule has 0 aliphatic carbocycles. The molecule has 9 aromatic rings. The number of hydrogen-bond donors (Lipinski definition) is 0. The summed E-state index contributed by atoms with van der Waals surface area (Å²) in [4.78, 5) is 0. The minimum absolute atomic E-state index is 0.0196. The molecule has 2 nitrogen and oxygen atoms in total. The van der Waals surface area contributed by atoms with Gasteiger partial charge in [0.15, 0.2) is 0 Å². The Labute approximate surface area is 356 Å². The predicted octanol–water partition coefficient (Wildman–Crippen LogP) is 9.99. The van der Waals surface area contributed by atoms with Gasteiger partial charge >= 0.3 is 0 Å². The zero-order valence-electron chi connectivity index (χ0n) is 37.4. The zero-order chi connectivity index (χ0) is 41.9. The van der Waals surface area contributed by atoms with Crippen LogP contribution in [0.1, 0.15) is 86.1 Å². The molecule has 4 heteroatoms. The molecule has 11 rings (SSSR count). The lowest BCUT2D eigenvalue weighted by Gasteiger charge is -2.35. The van der Waals surface area contributed by atoms with Crippen molar-refractivity contribution < 1.29 is 0 Å². The molecule has 7 aromatic carbocycles. The molecule has 294 valence electrons. The van der Waals surface area contributed by atoms with Crippen LogP contribution in [0.3, 0.4) is 0 Å². The summed E-state index contributed by atoms with van der Waals surface area (Å²) >= 11 is 0. The highest BCUT2D eigenvalue weighted by Gasteiger charge is 2.41. The number of aromatic nitrogens is 2. The van der Waals surface area contributed by atoms with E-state index in [1.807, 2.05) is 0 Å². The molecule has 4 heterocycles. The molecule has 0 spiro atoms. The molecule has 0 amide bonds. The maximum absolute atomic E-state index is 2.65. The molecule has 0 bridgehead atoms. The summed E-state index contributed by atoms with van der Waals surface area (Å²) in [5.74, 6) is 0. The van der Waals surface area contributed by atoms with E-state index in [0.29, 0.717) is 0 Å². The first-order valence-corrected chi connectivity index (χ1v) is 22.0. The first kappa shape index (κ1) is 37.3. The number of para-hydroxylation sites is 2. The van der Waals surface area contributed by atoms with E-state index in [0.717, 1.165) is 0 Å². The highest BCUT2D eigenvalue weighted by molar-refractivity contribution is 7.00. The number of fused-ring (bicyclic) bond motifs is 10. The van der Waals surface area contributed by atoms with E-state index in [4.69, 9.17) is 0 Å². The van der Waals surface area contributed by atoms with Crippen molar-refractivity contribution in [3.05, 3.63) is 154 Å². The van der Waals surface area contributed by atoms with Crippen LogP contribution in [-0.2, 0) is 10.8 Å². The molecule has 0 saturated carbocycles. The lowest BCUT2D eigenvalue weighted by atomic mass is 9.32. The first-order chi connectivity index (χ1) is 28.5. The summed E-state index contributed by atoms with van der Waals surface area (Å²) in [6.07, 6.45) is 0. The van der Waals surface area contributed by atoms with Crippen LogP contribution in [0.2, 0.25) is 0 Å². The number of hydrogen-bond acceptors (Lipinski definition) is 0. The van der Waals surface area contributed by atoms with Crippen molar-refractivity contribution in [3.63, 3.8) is 0 Å². The maximum Gasteiger partial charge on any atom is 0.247 e. The lowest BCUT2D eigenvalue weighted by Crippen LogP contribution is -2.61. The van der Waals surface area contributed by atoms with Gasteiger partial charge in [-0.15, -0.1) is 0 Å². The fourth-order valence-electron chi connectivity index (χ4n) is 11.8. The van der Waals surface area contributed by atoms with Crippen molar-refractivity contribution in [1.29, 1.82) is 0 Å². The Bertz CT molecular complexity index is 3310. The van der Waals surface area contributed by atoms with Crippen LogP contribution in [0, 0.1) is 41.5 Å². The molecule has 0 fully saturated rings. The Kier molecular flexibility index (Phi) is 7.71. The largest absolute Gasteiger partial charge is 0.310 e. The fourth-order valence-corrected chi connectivity index (χ4v) is 11.8. The SMILES string of the molecule is Cc1cc(C)c(B2c3cc4c(cc3-n3c5ccc(C(C)(C)C)cc5c5cccc2c53)B(c2c(C)cc(C)cc2C)c2cc(C(C)(C)C)cc3c5ccccc5n-4c23)c(C)c1. The molecule has 0 N–H and O–H groups in total. The van der Waals surface area contributed by atoms with Gasteiger partial charge in [0.2, 0.25) is 13.4 Å². The Hall–Kier alpha value is -5.73. The molecule has 2 aromatic heterocycles. The molecule has 0 atom stereocenters. The number of aryl methyl sites for hydroxylation is 6. The topological polar surface area (TPSA) is 9.86 Å². The van der Waals surface area contributed by atoms with Crippen LogP contribution in [0.15, 0.2) is 109 Å². The van der Waals surface area contributed by atoms with E-state index < -0.39 is 0 Å². The highest BCUT2D eigenvalue weighted by Crippen LogP contribution is 2.40. The van der Waals surface area contributed by atoms with E-state index in [-0.39, 0.29) is 24.3 Å². The minimum atomic E-state index is -0.0196. The van der Waals surface area contributed by atoms with Crippen molar-refractivity contribution in [3.8, 4) is 11.4 Å². The Morgan fingerprint density at radius 3 is 1.43 bits per heavy atom. The molecular formula is C56H54B2N2. The van der Waals surface area contributed by atoms with E-state index >= 15 is 0 Å². The van der Waals surface area contributed by atoms with Gasteiger partial charge in [0.1, 0.15) is 0 Å². The van der Waals surface area contributed by atoms with Crippen LogP contribution >= 0.6 is 0 Å². The van der Waals surface area contributed by atoms with E-state index in [1.54, 1.807) is 0 Å². The standard InChI is InChI=1S/C56H54B2N2/c1-31-22-33(3)51(34(4)23-31)57-43-18-15-17-40-41-26-37(55(7,8)9)20-21-48(41)60(53(40)43)49-30-45-50(29-44(49)57)59-47-19-14-13-16-39(47)42-27-38(56(10,11)12)28-46(54(42)59)58(45)52-35(5)24-32(2)25-36(52)6/h13-30H,1-12H3. The van der Waals surface area contributed by atoms with Crippen molar-refractivity contribution >= 4 is 89.8 Å². The molecule has 0 unspecified atom stereocenters. The van der Waals surface area contributed by atoms with Gasteiger partial charge in [0.05, 0.1) is 11.0 Å². The van der Waals surface area contributed by atoms with Gasteiger partial charge in [0.25, 0.3) is 0 Å². The van der Waals surface area contributed by atoms with Crippen molar-refractivity contribution in [2.75, 3.05) is 0 Å². The number of benzene rings is 7. The van der Waals surface area contributed by atoms with E-state index in [2.05, 4.69) is 201 Å². The van der Waals surface area contributed by atoms with Gasteiger partial charge in [-0.3, -0.25) is 0 Å². The molecule has 2 aliphatic rings. The third-order valence-electron chi connectivity index (χ3n) is 14.3. The third kappa shape index (κ3) is 5.09. The summed E-state index contributed by atoms with van der Waals surface area (Å²) in [6, 6.07) is 43.4. The summed E-state index contributed by atoms with van der Waals surface area (Å²) < 4.78 is 5.29. The second-order valence-electron chi connectivity index (χ2n) is 20.6. The molecule has 0 radical (unpaired) electrons. The average Bonchev–Trinajstić information content (AvgIpc) is 3.69. The fraction of sp³-hybridized carbons (Fsp3) is 0.250. The Morgan fingerprint density at radius 1 is 0.383 bits per heavy atom. The van der Waals surface area contributed by atoms with Gasteiger partial charge in [-0.1, -0.05) is 159 Å². The average molecular weight is 777 g/mol.